The number of rotatable bonds is 3. The predicted molar refractivity (Wildman–Crippen MR) is 87.4 cm³/mol. The zero-order valence-electron chi connectivity index (χ0n) is 11.9. The maximum absolute atomic E-state index is 5.99. The lowest BCUT2D eigenvalue weighted by molar-refractivity contribution is 0.726. The minimum atomic E-state index is 0.610. The second-order valence-electron chi connectivity index (χ2n) is 5.28. The molecule has 5 heteroatoms. The molecule has 1 fully saturated rings. The SMILES string of the molecule is Clc1cccc(Nc2nccc(N3CCCCCC3)n2)c1. The minimum absolute atomic E-state index is 0.610. The number of nitrogens with zero attached hydrogens (tertiary/aromatic N) is 3. The molecule has 0 amide bonds. The van der Waals surface area contributed by atoms with Gasteiger partial charge in [-0.3, -0.25) is 0 Å². The van der Waals surface area contributed by atoms with Crippen molar-refractivity contribution < 1.29 is 0 Å². The number of benzene rings is 1. The van der Waals surface area contributed by atoms with Crippen LogP contribution in [0.3, 0.4) is 0 Å². The minimum Gasteiger partial charge on any atom is -0.356 e. The van der Waals surface area contributed by atoms with Crippen LogP contribution in [0.15, 0.2) is 36.5 Å². The van der Waals surface area contributed by atoms with Crippen molar-refractivity contribution in [2.24, 2.45) is 0 Å². The van der Waals surface area contributed by atoms with E-state index in [9.17, 15) is 0 Å². The lowest BCUT2D eigenvalue weighted by atomic mass is 10.2. The van der Waals surface area contributed by atoms with Crippen molar-refractivity contribution >= 4 is 29.1 Å². The summed E-state index contributed by atoms with van der Waals surface area (Å²) in [5, 5.41) is 3.90. The van der Waals surface area contributed by atoms with E-state index in [0.29, 0.717) is 11.0 Å². The first-order valence-corrected chi connectivity index (χ1v) is 7.80. The van der Waals surface area contributed by atoms with Gasteiger partial charge in [-0.2, -0.15) is 4.98 Å². The first-order chi connectivity index (χ1) is 10.3. The molecule has 0 spiro atoms. The van der Waals surface area contributed by atoms with Gasteiger partial charge in [-0.1, -0.05) is 30.5 Å². The molecule has 2 aromatic rings. The molecule has 3 rings (SSSR count). The zero-order valence-corrected chi connectivity index (χ0v) is 12.7. The van der Waals surface area contributed by atoms with E-state index < -0.39 is 0 Å². The number of anilines is 3. The van der Waals surface area contributed by atoms with E-state index in [1.807, 2.05) is 30.3 Å². The van der Waals surface area contributed by atoms with E-state index in [2.05, 4.69) is 20.2 Å². The van der Waals surface area contributed by atoms with Crippen molar-refractivity contribution in [1.82, 2.24) is 9.97 Å². The van der Waals surface area contributed by atoms with Crippen LogP contribution in [0.5, 0.6) is 0 Å². The molecule has 0 atom stereocenters. The molecule has 1 aliphatic heterocycles. The number of nitrogens with one attached hydrogen (secondary N) is 1. The van der Waals surface area contributed by atoms with Crippen LogP contribution >= 0.6 is 11.6 Å². The maximum Gasteiger partial charge on any atom is 0.229 e. The Morgan fingerprint density at radius 2 is 1.86 bits per heavy atom. The summed E-state index contributed by atoms with van der Waals surface area (Å²) >= 11 is 5.99. The molecule has 0 aliphatic carbocycles. The van der Waals surface area contributed by atoms with Gasteiger partial charge in [-0.05, 0) is 37.1 Å². The van der Waals surface area contributed by atoms with E-state index in [-0.39, 0.29) is 0 Å². The molecule has 0 saturated carbocycles. The Bertz CT molecular complexity index is 594. The predicted octanol–water partition coefficient (Wildman–Crippen LogP) is 4.25. The number of aromatic nitrogens is 2. The molecular formula is C16H19ClN4. The highest BCUT2D eigenvalue weighted by atomic mass is 35.5. The van der Waals surface area contributed by atoms with Crippen LogP contribution in [0.4, 0.5) is 17.5 Å². The standard InChI is InChI=1S/C16H19ClN4/c17-13-6-5-7-14(12-13)19-16-18-9-8-15(20-16)21-10-3-1-2-4-11-21/h5-9,12H,1-4,10-11H2,(H,18,19,20). The Labute approximate surface area is 130 Å². The summed E-state index contributed by atoms with van der Waals surface area (Å²) in [6.45, 7) is 2.15. The number of halogens is 1. The summed E-state index contributed by atoms with van der Waals surface area (Å²) in [6, 6.07) is 9.55. The Hall–Kier alpha value is -1.81. The van der Waals surface area contributed by atoms with Crippen molar-refractivity contribution in [3.8, 4) is 0 Å². The van der Waals surface area contributed by atoms with Gasteiger partial charge in [-0.25, -0.2) is 4.98 Å². The Morgan fingerprint density at radius 3 is 2.62 bits per heavy atom. The molecular weight excluding hydrogens is 284 g/mol. The van der Waals surface area contributed by atoms with E-state index in [0.717, 1.165) is 24.6 Å². The summed E-state index contributed by atoms with van der Waals surface area (Å²) in [5.74, 6) is 1.61. The zero-order chi connectivity index (χ0) is 14.5. The third-order valence-electron chi connectivity index (χ3n) is 3.65. The van der Waals surface area contributed by atoms with E-state index in [1.165, 1.54) is 25.7 Å². The van der Waals surface area contributed by atoms with Crippen molar-refractivity contribution in [1.29, 1.82) is 0 Å². The monoisotopic (exact) mass is 302 g/mol. The topological polar surface area (TPSA) is 41.1 Å². The fraction of sp³-hybridized carbons (Fsp3) is 0.375. The van der Waals surface area contributed by atoms with E-state index in [1.54, 1.807) is 6.20 Å². The van der Waals surface area contributed by atoms with Gasteiger partial charge in [0.2, 0.25) is 5.95 Å². The molecule has 1 aromatic heterocycles. The normalized spacial score (nSPS) is 15.6. The van der Waals surface area contributed by atoms with Gasteiger partial charge in [0.05, 0.1) is 0 Å². The maximum atomic E-state index is 5.99. The van der Waals surface area contributed by atoms with Gasteiger partial charge in [0.1, 0.15) is 5.82 Å². The van der Waals surface area contributed by atoms with Crippen LogP contribution in [0, 0.1) is 0 Å². The van der Waals surface area contributed by atoms with Crippen LogP contribution in [-0.4, -0.2) is 23.1 Å². The first-order valence-electron chi connectivity index (χ1n) is 7.42. The molecule has 110 valence electrons. The van der Waals surface area contributed by atoms with Crippen molar-refractivity contribution in [2.75, 3.05) is 23.3 Å². The molecule has 1 saturated heterocycles. The quantitative estimate of drug-likeness (QED) is 0.920. The highest BCUT2D eigenvalue weighted by molar-refractivity contribution is 6.30. The summed E-state index contributed by atoms with van der Waals surface area (Å²) < 4.78 is 0. The average Bonchev–Trinajstić information content (AvgIpc) is 2.77. The third-order valence-corrected chi connectivity index (χ3v) is 3.89. The van der Waals surface area contributed by atoms with Gasteiger partial charge >= 0.3 is 0 Å². The van der Waals surface area contributed by atoms with Crippen molar-refractivity contribution in [3.05, 3.63) is 41.6 Å². The fourth-order valence-electron chi connectivity index (χ4n) is 2.58. The van der Waals surface area contributed by atoms with Gasteiger partial charge in [-0.15, -0.1) is 0 Å². The molecule has 1 N–H and O–H groups in total. The Balaban J connectivity index is 1.76. The van der Waals surface area contributed by atoms with Crippen LogP contribution in [0.2, 0.25) is 5.02 Å². The molecule has 1 aromatic carbocycles. The van der Waals surface area contributed by atoms with Crippen LogP contribution in [-0.2, 0) is 0 Å². The van der Waals surface area contributed by atoms with Crippen LogP contribution in [0.1, 0.15) is 25.7 Å². The highest BCUT2D eigenvalue weighted by Crippen LogP contribution is 2.21. The molecule has 1 aliphatic rings. The van der Waals surface area contributed by atoms with Crippen LogP contribution < -0.4 is 10.2 Å². The van der Waals surface area contributed by atoms with Crippen molar-refractivity contribution in [2.45, 2.75) is 25.7 Å². The Morgan fingerprint density at radius 1 is 1.05 bits per heavy atom. The summed E-state index contributed by atoms with van der Waals surface area (Å²) in [5.41, 5.74) is 0.899. The third kappa shape index (κ3) is 3.85. The number of hydrogen-bond donors (Lipinski definition) is 1. The number of hydrogen-bond acceptors (Lipinski definition) is 4. The molecule has 4 nitrogen and oxygen atoms in total. The first kappa shape index (κ1) is 14.1. The summed E-state index contributed by atoms with van der Waals surface area (Å²) in [6.07, 6.45) is 6.91. The van der Waals surface area contributed by atoms with E-state index in [4.69, 9.17) is 11.6 Å². The molecule has 0 bridgehead atoms. The molecule has 2 heterocycles. The van der Waals surface area contributed by atoms with Gasteiger partial charge in [0, 0.05) is 30.0 Å². The second-order valence-corrected chi connectivity index (χ2v) is 5.71. The molecule has 0 unspecified atom stereocenters. The lowest BCUT2D eigenvalue weighted by Crippen LogP contribution is -2.25. The van der Waals surface area contributed by atoms with Gasteiger partial charge in [0.15, 0.2) is 0 Å². The fourth-order valence-corrected chi connectivity index (χ4v) is 2.77. The summed E-state index contributed by atoms with van der Waals surface area (Å²) in [7, 11) is 0. The van der Waals surface area contributed by atoms with Crippen LogP contribution in [0.25, 0.3) is 0 Å². The average molecular weight is 303 g/mol. The van der Waals surface area contributed by atoms with Crippen molar-refractivity contribution in [3.63, 3.8) is 0 Å². The summed E-state index contributed by atoms with van der Waals surface area (Å²) in [4.78, 5) is 11.3. The van der Waals surface area contributed by atoms with E-state index >= 15 is 0 Å². The smallest absolute Gasteiger partial charge is 0.229 e. The second kappa shape index (κ2) is 6.76. The highest BCUT2D eigenvalue weighted by Gasteiger charge is 2.11. The van der Waals surface area contributed by atoms with Gasteiger partial charge in [0.25, 0.3) is 0 Å². The molecule has 0 radical (unpaired) electrons. The largest absolute Gasteiger partial charge is 0.356 e. The lowest BCUT2D eigenvalue weighted by Gasteiger charge is -2.21. The Kier molecular flexibility index (Phi) is 4.55. The van der Waals surface area contributed by atoms with Gasteiger partial charge < -0.3 is 10.2 Å². The molecule has 21 heavy (non-hydrogen) atoms.